The van der Waals surface area contributed by atoms with Gasteiger partial charge in [-0.1, -0.05) is 30.3 Å². The van der Waals surface area contributed by atoms with Crippen molar-refractivity contribution in [1.29, 1.82) is 0 Å². The van der Waals surface area contributed by atoms with Crippen molar-refractivity contribution in [3.8, 4) is 11.5 Å². The Morgan fingerprint density at radius 3 is 2.45 bits per heavy atom. The van der Waals surface area contributed by atoms with Gasteiger partial charge < -0.3 is 19.7 Å². The third kappa shape index (κ3) is 4.79. The average Bonchev–Trinajstić information content (AvgIpc) is 3.53. The van der Waals surface area contributed by atoms with Crippen LogP contribution in [0.4, 0.5) is 0 Å². The number of nitrogens with one attached hydrogen (secondary N) is 1. The molecule has 0 amide bonds. The predicted molar refractivity (Wildman–Crippen MR) is 128 cm³/mol. The third-order valence-corrected chi connectivity index (χ3v) is 5.90. The van der Waals surface area contributed by atoms with Crippen molar-refractivity contribution in [2.45, 2.75) is 25.3 Å². The summed E-state index contributed by atoms with van der Waals surface area (Å²) in [5, 5.41) is 3.60. The Morgan fingerprint density at radius 1 is 1.10 bits per heavy atom. The smallest absolute Gasteiger partial charge is 0.193 e. The van der Waals surface area contributed by atoms with Crippen molar-refractivity contribution in [2.24, 2.45) is 10.9 Å². The van der Waals surface area contributed by atoms with Crippen LogP contribution in [0.2, 0.25) is 0 Å². The van der Waals surface area contributed by atoms with Crippen LogP contribution in [0.25, 0.3) is 0 Å². The van der Waals surface area contributed by atoms with Crippen molar-refractivity contribution >= 4 is 29.9 Å². The first-order valence-corrected chi connectivity index (χ1v) is 9.97. The minimum Gasteiger partial charge on any atom is -0.493 e. The normalized spacial score (nSPS) is 20.4. The molecule has 0 spiro atoms. The first-order valence-electron chi connectivity index (χ1n) is 9.97. The monoisotopic (exact) mass is 507 g/mol. The quantitative estimate of drug-likeness (QED) is 0.377. The van der Waals surface area contributed by atoms with E-state index in [0.717, 1.165) is 43.5 Å². The van der Waals surface area contributed by atoms with Gasteiger partial charge in [-0.25, -0.2) is 0 Å². The Balaban J connectivity index is 0.00000240. The summed E-state index contributed by atoms with van der Waals surface area (Å²) in [5.41, 5.74) is 4.06. The van der Waals surface area contributed by atoms with Crippen molar-refractivity contribution in [3.63, 3.8) is 0 Å². The number of rotatable bonds is 5. The molecule has 1 fully saturated rings. The molecule has 2 aliphatic rings. The van der Waals surface area contributed by atoms with E-state index in [-0.39, 0.29) is 24.0 Å². The molecule has 1 saturated carbocycles. The molecule has 2 aromatic carbocycles. The van der Waals surface area contributed by atoms with Crippen molar-refractivity contribution in [1.82, 2.24) is 10.2 Å². The van der Waals surface area contributed by atoms with Crippen LogP contribution in [0, 0.1) is 5.92 Å². The zero-order valence-electron chi connectivity index (χ0n) is 17.4. The summed E-state index contributed by atoms with van der Waals surface area (Å²) in [4.78, 5) is 6.86. The summed E-state index contributed by atoms with van der Waals surface area (Å²) < 4.78 is 10.9. The van der Waals surface area contributed by atoms with Crippen LogP contribution in [0.3, 0.4) is 0 Å². The zero-order valence-corrected chi connectivity index (χ0v) is 19.7. The minimum absolute atomic E-state index is 0. The number of hydrogen-bond acceptors (Lipinski definition) is 3. The predicted octanol–water partition coefficient (Wildman–Crippen LogP) is 4.06. The Bertz CT molecular complexity index is 857. The number of ether oxygens (including phenoxy) is 2. The second kappa shape index (κ2) is 9.69. The van der Waals surface area contributed by atoms with Gasteiger partial charge in [0, 0.05) is 26.7 Å². The van der Waals surface area contributed by atoms with E-state index in [4.69, 9.17) is 9.47 Å². The van der Waals surface area contributed by atoms with Crippen LogP contribution >= 0.6 is 24.0 Å². The number of fused-ring (bicyclic) bond motifs is 1. The highest BCUT2D eigenvalue weighted by molar-refractivity contribution is 14.0. The lowest BCUT2D eigenvalue weighted by Crippen LogP contribution is -2.44. The summed E-state index contributed by atoms with van der Waals surface area (Å²) in [6.45, 7) is 2.76. The van der Waals surface area contributed by atoms with Gasteiger partial charge in [0.2, 0.25) is 0 Å². The van der Waals surface area contributed by atoms with Gasteiger partial charge in [0.25, 0.3) is 0 Å². The van der Waals surface area contributed by atoms with Crippen LogP contribution in [-0.2, 0) is 13.0 Å². The summed E-state index contributed by atoms with van der Waals surface area (Å²) in [7, 11) is 5.24. The van der Waals surface area contributed by atoms with E-state index >= 15 is 0 Å². The molecule has 1 N–H and O–H groups in total. The van der Waals surface area contributed by atoms with Crippen molar-refractivity contribution < 1.29 is 9.47 Å². The fraction of sp³-hybridized carbons (Fsp3) is 0.435. The molecule has 0 bridgehead atoms. The molecular formula is C23H30IN3O2. The number of guanidine groups is 1. The van der Waals surface area contributed by atoms with E-state index in [1.807, 2.05) is 7.05 Å². The molecule has 6 heteroatoms. The minimum atomic E-state index is 0. The van der Waals surface area contributed by atoms with Crippen molar-refractivity contribution in [2.75, 3.05) is 34.4 Å². The lowest BCUT2D eigenvalue weighted by molar-refractivity contribution is 0.345. The molecule has 4 rings (SSSR count). The standard InChI is InChI=1S/C23H29N3O2.HI/c1-24-23(25-14-18-11-20(18)16-7-5-4-6-8-16)26-10-9-17-12-21(27-2)22(28-3)13-19(17)15-26;/h4-8,12-13,18,20H,9-11,14-15H2,1-3H3,(H,24,25);1H. The molecule has 0 radical (unpaired) electrons. The summed E-state index contributed by atoms with van der Waals surface area (Å²) in [6.07, 6.45) is 2.24. The van der Waals surface area contributed by atoms with Crippen LogP contribution in [0.15, 0.2) is 47.5 Å². The van der Waals surface area contributed by atoms with Gasteiger partial charge in [-0.05, 0) is 53.5 Å². The molecule has 2 unspecified atom stereocenters. The number of aliphatic imine (C=N–C) groups is 1. The summed E-state index contributed by atoms with van der Waals surface area (Å²) in [5.74, 6) is 3.96. The summed E-state index contributed by atoms with van der Waals surface area (Å²) in [6, 6.07) is 15.0. The van der Waals surface area contributed by atoms with Gasteiger partial charge in [-0.2, -0.15) is 0 Å². The number of nitrogens with zero attached hydrogens (tertiary/aromatic N) is 2. The van der Waals surface area contributed by atoms with E-state index < -0.39 is 0 Å². The van der Waals surface area contributed by atoms with Crippen LogP contribution in [0.1, 0.15) is 29.0 Å². The van der Waals surface area contributed by atoms with Crippen LogP contribution in [-0.4, -0.2) is 45.2 Å². The Labute approximate surface area is 190 Å². The summed E-state index contributed by atoms with van der Waals surface area (Å²) >= 11 is 0. The molecule has 2 atom stereocenters. The maximum Gasteiger partial charge on any atom is 0.193 e. The van der Waals surface area contributed by atoms with Gasteiger partial charge in [0.1, 0.15) is 0 Å². The number of halogens is 1. The molecule has 2 aromatic rings. The first kappa shape index (κ1) is 21.7. The number of benzene rings is 2. The largest absolute Gasteiger partial charge is 0.493 e. The van der Waals surface area contributed by atoms with Crippen molar-refractivity contribution in [3.05, 3.63) is 59.2 Å². The lowest BCUT2D eigenvalue weighted by atomic mass is 9.99. The van der Waals surface area contributed by atoms with Gasteiger partial charge in [-0.3, -0.25) is 4.99 Å². The van der Waals surface area contributed by atoms with Crippen LogP contribution < -0.4 is 14.8 Å². The average molecular weight is 507 g/mol. The maximum absolute atomic E-state index is 5.48. The van der Waals surface area contributed by atoms with Gasteiger partial charge >= 0.3 is 0 Å². The van der Waals surface area contributed by atoms with E-state index in [2.05, 4.69) is 57.7 Å². The molecular weight excluding hydrogens is 477 g/mol. The topological polar surface area (TPSA) is 46.1 Å². The van der Waals surface area contributed by atoms with E-state index in [9.17, 15) is 0 Å². The SMILES string of the molecule is CN=C(NCC1CC1c1ccccc1)N1CCc2cc(OC)c(OC)cc2C1.I. The zero-order chi connectivity index (χ0) is 19.5. The Kier molecular flexibility index (Phi) is 7.27. The van der Waals surface area contributed by atoms with Gasteiger partial charge in [0.15, 0.2) is 17.5 Å². The lowest BCUT2D eigenvalue weighted by Gasteiger charge is -2.32. The highest BCUT2D eigenvalue weighted by atomic mass is 127. The Morgan fingerprint density at radius 2 is 1.79 bits per heavy atom. The molecule has 1 aliphatic heterocycles. The third-order valence-electron chi connectivity index (χ3n) is 5.90. The first-order chi connectivity index (χ1) is 13.7. The Hall–Kier alpha value is -1.96. The second-order valence-corrected chi connectivity index (χ2v) is 7.59. The molecule has 5 nitrogen and oxygen atoms in total. The van der Waals surface area contributed by atoms with Gasteiger partial charge in [-0.15, -0.1) is 24.0 Å². The van der Waals surface area contributed by atoms with E-state index in [0.29, 0.717) is 11.8 Å². The number of hydrogen-bond donors (Lipinski definition) is 1. The molecule has 0 aromatic heterocycles. The molecule has 0 saturated heterocycles. The fourth-order valence-electron chi connectivity index (χ4n) is 4.20. The van der Waals surface area contributed by atoms with E-state index in [1.54, 1.807) is 14.2 Å². The number of methoxy groups -OCH3 is 2. The maximum atomic E-state index is 5.48. The highest BCUT2D eigenvalue weighted by Crippen LogP contribution is 2.46. The highest BCUT2D eigenvalue weighted by Gasteiger charge is 2.38. The molecule has 156 valence electrons. The molecule has 29 heavy (non-hydrogen) atoms. The van der Waals surface area contributed by atoms with Gasteiger partial charge in [0.05, 0.1) is 14.2 Å². The molecule has 1 heterocycles. The van der Waals surface area contributed by atoms with E-state index in [1.165, 1.54) is 23.1 Å². The fourth-order valence-corrected chi connectivity index (χ4v) is 4.20. The second-order valence-electron chi connectivity index (χ2n) is 7.59. The van der Waals surface area contributed by atoms with Crippen LogP contribution in [0.5, 0.6) is 11.5 Å². The molecule has 1 aliphatic carbocycles.